The van der Waals surface area contributed by atoms with Crippen LogP contribution in [0.1, 0.15) is 26.7 Å². The number of rotatable bonds is 3. The van der Waals surface area contributed by atoms with Crippen molar-refractivity contribution in [1.82, 2.24) is 10.2 Å². The van der Waals surface area contributed by atoms with Crippen molar-refractivity contribution >= 4 is 11.8 Å². The Morgan fingerprint density at radius 3 is 2.35 bits per heavy atom. The van der Waals surface area contributed by atoms with Gasteiger partial charge in [-0.2, -0.15) is 5.26 Å². The van der Waals surface area contributed by atoms with Crippen molar-refractivity contribution in [3.63, 3.8) is 0 Å². The third-order valence-electron chi connectivity index (χ3n) is 3.20. The van der Waals surface area contributed by atoms with E-state index in [0.717, 1.165) is 0 Å². The highest BCUT2D eigenvalue weighted by Crippen LogP contribution is 2.45. The van der Waals surface area contributed by atoms with Crippen molar-refractivity contribution in [1.29, 1.82) is 5.26 Å². The van der Waals surface area contributed by atoms with E-state index in [4.69, 9.17) is 5.26 Å². The second-order valence-corrected chi connectivity index (χ2v) is 5.14. The lowest BCUT2D eigenvalue weighted by Crippen LogP contribution is -2.53. The molecule has 17 heavy (non-hydrogen) atoms. The van der Waals surface area contributed by atoms with E-state index in [1.54, 1.807) is 21.0 Å². The average molecular weight is 237 g/mol. The normalized spacial score (nSPS) is 28.5. The summed E-state index contributed by atoms with van der Waals surface area (Å²) < 4.78 is 0. The molecule has 0 radical (unpaired) electrons. The fraction of sp³-hybridized carbons (Fsp3) is 0.750. The summed E-state index contributed by atoms with van der Waals surface area (Å²) in [6.45, 7) is 3.64. The maximum absolute atomic E-state index is 12.0. The van der Waals surface area contributed by atoms with Crippen LogP contribution in [0.25, 0.3) is 0 Å². The zero-order valence-electron chi connectivity index (χ0n) is 10.8. The van der Waals surface area contributed by atoms with Crippen LogP contribution >= 0.6 is 0 Å². The zero-order chi connectivity index (χ0) is 13.2. The molecular weight excluding hydrogens is 218 g/mol. The van der Waals surface area contributed by atoms with Crippen molar-refractivity contribution in [2.75, 3.05) is 14.1 Å². The maximum atomic E-state index is 12.0. The van der Waals surface area contributed by atoms with E-state index in [1.165, 1.54) is 4.90 Å². The molecule has 0 aromatic carbocycles. The van der Waals surface area contributed by atoms with Crippen LogP contribution in [0.5, 0.6) is 0 Å². The van der Waals surface area contributed by atoms with Gasteiger partial charge >= 0.3 is 0 Å². The summed E-state index contributed by atoms with van der Waals surface area (Å²) >= 11 is 0. The van der Waals surface area contributed by atoms with Crippen LogP contribution in [0.3, 0.4) is 0 Å². The Bertz CT molecular complexity index is 364. The molecule has 1 atom stereocenters. The number of amides is 2. The van der Waals surface area contributed by atoms with Gasteiger partial charge in [-0.25, -0.2) is 0 Å². The molecule has 0 aliphatic heterocycles. The van der Waals surface area contributed by atoms with E-state index in [0.29, 0.717) is 18.8 Å². The van der Waals surface area contributed by atoms with Gasteiger partial charge in [-0.15, -0.1) is 0 Å². The summed E-state index contributed by atoms with van der Waals surface area (Å²) in [5.41, 5.74) is -0.916. The van der Waals surface area contributed by atoms with Crippen LogP contribution in [-0.2, 0) is 9.59 Å². The van der Waals surface area contributed by atoms with Gasteiger partial charge in [-0.1, -0.05) is 6.92 Å². The van der Waals surface area contributed by atoms with Gasteiger partial charge in [-0.3, -0.25) is 9.59 Å². The van der Waals surface area contributed by atoms with Crippen LogP contribution in [-0.4, -0.2) is 36.9 Å². The third kappa shape index (κ3) is 2.57. The van der Waals surface area contributed by atoms with Gasteiger partial charge in [0, 0.05) is 14.1 Å². The SMILES string of the molecule is CC1CC(C#N)(C(=O)NC(C)C(=O)N(C)C)C1. The predicted octanol–water partition coefficient (Wildman–Crippen LogP) is 0.519. The molecule has 0 heterocycles. The lowest BCUT2D eigenvalue weighted by Gasteiger charge is -2.39. The van der Waals surface area contributed by atoms with E-state index in [1.807, 2.05) is 6.92 Å². The molecule has 5 heteroatoms. The molecule has 1 fully saturated rings. The Hall–Kier alpha value is -1.57. The molecule has 1 aliphatic carbocycles. The quantitative estimate of drug-likeness (QED) is 0.777. The van der Waals surface area contributed by atoms with Gasteiger partial charge in [0.25, 0.3) is 0 Å². The second kappa shape index (κ2) is 4.74. The highest BCUT2D eigenvalue weighted by Gasteiger charge is 2.49. The van der Waals surface area contributed by atoms with Gasteiger partial charge in [-0.05, 0) is 25.7 Å². The lowest BCUT2D eigenvalue weighted by atomic mass is 9.63. The molecule has 0 spiro atoms. The Morgan fingerprint density at radius 1 is 1.47 bits per heavy atom. The minimum Gasteiger partial charge on any atom is -0.347 e. The number of carbonyl (C=O) groups is 2. The molecule has 0 aromatic heterocycles. The van der Waals surface area contributed by atoms with Crippen LogP contribution in [0.4, 0.5) is 0 Å². The van der Waals surface area contributed by atoms with Crippen molar-refractivity contribution in [3.05, 3.63) is 0 Å². The number of hydrogen-bond donors (Lipinski definition) is 1. The standard InChI is InChI=1S/C12H19N3O2/c1-8-5-12(6-8,7-13)11(17)14-9(2)10(16)15(3)4/h8-9H,5-6H2,1-4H3,(H,14,17). The van der Waals surface area contributed by atoms with Crippen molar-refractivity contribution in [2.24, 2.45) is 11.3 Å². The summed E-state index contributed by atoms with van der Waals surface area (Å²) in [5.74, 6) is -0.0835. The monoisotopic (exact) mass is 237 g/mol. The van der Waals surface area contributed by atoms with Gasteiger partial charge in [0.1, 0.15) is 11.5 Å². The highest BCUT2D eigenvalue weighted by molar-refractivity contribution is 5.91. The largest absolute Gasteiger partial charge is 0.347 e. The number of nitrogens with one attached hydrogen (secondary N) is 1. The van der Waals surface area contributed by atoms with Crippen LogP contribution in [0, 0.1) is 22.7 Å². The number of nitriles is 1. The van der Waals surface area contributed by atoms with Gasteiger partial charge in [0.15, 0.2) is 0 Å². The summed E-state index contributed by atoms with van der Waals surface area (Å²) in [6.07, 6.45) is 1.16. The predicted molar refractivity (Wildman–Crippen MR) is 62.7 cm³/mol. The van der Waals surface area contributed by atoms with E-state index in [2.05, 4.69) is 11.4 Å². The smallest absolute Gasteiger partial charge is 0.244 e. The Kier molecular flexibility index (Phi) is 3.76. The molecule has 1 N–H and O–H groups in total. The van der Waals surface area contributed by atoms with Crippen LogP contribution < -0.4 is 5.32 Å². The Morgan fingerprint density at radius 2 is 2.00 bits per heavy atom. The first-order valence-corrected chi connectivity index (χ1v) is 5.76. The minimum absolute atomic E-state index is 0.168. The first-order chi connectivity index (χ1) is 7.82. The third-order valence-corrected chi connectivity index (χ3v) is 3.20. The molecule has 1 rings (SSSR count). The maximum Gasteiger partial charge on any atom is 0.244 e. The zero-order valence-corrected chi connectivity index (χ0v) is 10.8. The van der Waals surface area contributed by atoms with E-state index in [-0.39, 0.29) is 11.8 Å². The molecule has 0 bridgehead atoms. The fourth-order valence-corrected chi connectivity index (χ4v) is 2.24. The van der Waals surface area contributed by atoms with Crippen LogP contribution in [0.15, 0.2) is 0 Å². The molecule has 94 valence electrons. The van der Waals surface area contributed by atoms with E-state index in [9.17, 15) is 9.59 Å². The first kappa shape index (κ1) is 13.5. The van der Waals surface area contributed by atoms with Crippen molar-refractivity contribution in [2.45, 2.75) is 32.7 Å². The number of hydrogen-bond acceptors (Lipinski definition) is 3. The number of carbonyl (C=O) groups excluding carboxylic acids is 2. The Labute approximate surface area is 102 Å². The van der Waals surface area contributed by atoms with Crippen LogP contribution in [0.2, 0.25) is 0 Å². The summed E-state index contributed by atoms with van der Waals surface area (Å²) in [6, 6.07) is 1.50. The Balaban J connectivity index is 2.61. The van der Waals surface area contributed by atoms with Gasteiger partial charge < -0.3 is 10.2 Å². The molecule has 0 aromatic rings. The summed E-state index contributed by atoms with van der Waals surface area (Å²) in [5, 5.41) is 11.7. The second-order valence-electron chi connectivity index (χ2n) is 5.14. The molecular formula is C12H19N3O2. The summed E-state index contributed by atoms with van der Waals surface area (Å²) in [4.78, 5) is 25.0. The highest BCUT2D eigenvalue weighted by atomic mass is 16.2. The number of likely N-dealkylation sites (N-methyl/N-ethyl adjacent to an activating group) is 1. The molecule has 1 saturated carbocycles. The minimum atomic E-state index is -0.916. The molecule has 1 unspecified atom stereocenters. The fourth-order valence-electron chi connectivity index (χ4n) is 2.24. The van der Waals surface area contributed by atoms with Crippen molar-refractivity contribution < 1.29 is 9.59 Å². The van der Waals surface area contributed by atoms with E-state index < -0.39 is 11.5 Å². The first-order valence-electron chi connectivity index (χ1n) is 5.76. The molecule has 5 nitrogen and oxygen atoms in total. The molecule has 0 saturated heterocycles. The average Bonchev–Trinajstić information content (AvgIpc) is 2.22. The van der Waals surface area contributed by atoms with Gasteiger partial charge in [0.05, 0.1) is 6.07 Å². The van der Waals surface area contributed by atoms with Crippen molar-refractivity contribution in [3.8, 4) is 6.07 Å². The lowest BCUT2D eigenvalue weighted by molar-refractivity contribution is -0.139. The topological polar surface area (TPSA) is 73.2 Å². The van der Waals surface area contributed by atoms with E-state index >= 15 is 0 Å². The molecule has 1 aliphatic rings. The summed E-state index contributed by atoms with van der Waals surface area (Å²) in [7, 11) is 3.27. The molecule has 2 amide bonds. The van der Waals surface area contributed by atoms with Gasteiger partial charge in [0.2, 0.25) is 11.8 Å². The number of nitrogens with zero attached hydrogens (tertiary/aromatic N) is 2.